The van der Waals surface area contributed by atoms with Crippen LogP contribution in [0.3, 0.4) is 0 Å². The van der Waals surface area contributed by atoms with E-state index in [0.29, 0.717) is 22.4 Å². The van der Waals surface area contributed by atoms with Gasteiger partial charge in [0.1, 0.15) is 0 Å². The van der Waals surface area contributed by atoms with Crippen LogP contribution in [0.15, 0.2) is 30.3 Å². The van der Waals surface area contributed by atoms with E-state index in [4.69, 9.17) is 23.2 Å². The third-order valence-electron chi connectivity index (χ3n) is 2.44. The Morgan fingerprint density at radius 1 is 0.944 bits per heavy atom. The van der Waals surface area contributed by atoms with Crippen LogP contribution >= 0.6 is 23.2 Å². The average Bonchev–Trinajstić information content (AvgIpc) is 2.34. The number of carbonyl (C=O) groups excluding carboxylic acids is 1. The number of halogens is 4. The van der Waals surface area contributed by atoms with E-state index in [-0.39, 0.29) is 10.6 Å². The second-order valence-corrected chi connectivity index (χ2v) is 4.44. The van der Waals surface area contributed by atoms with Crippen molar-refractivity contribution in [1.29, 1.82) is 0 Å². The van der Waals surface area contributed by atoms with Gasteiger partial charge < -0.3 is 0 Å². The highest BCUT2D eigenvalue weighted by Crippen LogP contribution is 2.33. The highest BCUT2D eigenvalue weighted by molar-refractivity contribution is 6.34. The quantitative estimate of drug-likeness (QED) is 0.575. The first-order chi connectivity index (χ1) is 8.52. The van der Waals surface area contributed by atoms with Gasteiger partial charge in [0, 0.05) is 16.1 Å². The van der Waals surface area contributed by atoms with Crippen LogP contribution in [0.4, 0.5) is 8.78 Å². The van der Waals surface area contributed by atoms with Gasteiger partial charge in [-0.15, -0.1) is 0 Å². The summed E-state index contributed by atoms with van der Waals surface area (Å²) in [5, 5.41) is 0.385. The van der Waals surface area contributed by atoms with E-state index < -0.39 is 11.6 Å². The minimum atomic E-state index is -1.04. The first-order valence-electron chi connectivity index (χ1n) is 4.92. The van der Waals surface area contributed by atoms with E-state index in [0.717, 1.165) is 12.1 Å². The van der Waals surface area contributed by atoms with E-state index in [1.807, 2.05) is 0 Å². The Labute approximate surface area is 112 Å². The van der Waals surface area contributed by atoms with Gasteiger partial charge in [-0.05, 0) is 35.9 Å². The Morgan fingerprint density at radius 3 is 2.28 bits per heavy atom. The van der Waals surface area contributed by atoms with Gasteiger partial charge in [-0.3, -0.25) is 4.79 Å². The van der Waals surface area contributed by atoms with Gasteiger partial charge in [0.25, 0.3) is 0 Å². The molecule has 0 atom stereocenters. The highest BCUT2D eigenvalue weighted by atomic mass is 35.5. The van der Waals surface area contributed by atoms with E-state index in [1.54, 1.807) is 0 Å². The number of aldehydes is 1. The number of carbonyl (C=O) groups is 1. The Morgan fingerprint density at radius 2 is 1.61 bits per heavy atom. The molecule has 0 aliphatic heterocycles. The Bertz CT molecular complexity index is 627. The standard InChI is InChI=1S/C13H6Cl2F2O/c14-8-2-1-7(6-18)9(3-8)10-4-12(16)13(17)5-11(10)15/h1-6H. The van der Waals surface area contributed by atoms with E-state index in [2.05, 4.69) is 0 Å². The largest absolute Gasteiger partial charge is 0.298 e. The fourth-order valence-electron chi connectivity index (χ4n) is 1.59. The molecule has 0 saturated carbocycles. The second kappa shape index (κ2) is 5.04. The molecular weight excluding hydrogens is 281 g/mol. The zero-order chi connectivity index (χ0) is 13.3. The summed E-state index contributed by atoms with van der Waals surface area (Å²) in [5.41, 5.74) is 0.883. The molecule has 0 spiro atoms. The van der Waals surface area contributed by atoms with Crippen LogP contribution in [0, 0.1) is 11.6 Å². The summed E-state index contributed by atoms with van der Waals surface area (Å²) in [4.78, 5) is 10.9. The summed E-state index contributed by atoms with van der Waals surface area (Å²) in [6, 6.07) is 6.30. The van der Waals surface area contributed by atoms with Crippen LogP contribution in [0.1, 0.15) is 10.4 Å². The number of hydrogen-bond acceptors (Lipinski definition) is 1. The topological polar surface area (TPSA) is 17.1 Å². The summed E-state index contributed by atoms with van der Waals surface area (Å²) < 4.78 is 26.2. The molecule has 92 valence electrons. The van der Waals surface area contributed by atoms with Gasteiger partial charge in [0.2, 0.25) is 0 Å². The molecule has 18 heavy (non-hydrogen) atoms. The maximum atomic E-state index is 13.2. The molecule has 0 unspecified atom stereocenters. The number of benzene rings is 2. The van der Waals surface area contributed by atoms with E-state index in [1.165, 1.54) is 18.2 Å². The van der Waals surface area contributed by atoms with Gasteiger partial charge in [0.15, 0.2) is 17.9 Å². The molecule has 0 fully saturated rings. The second-order valence-electron chi connectivity index (χ2n) is 3.60. The first-order valence-corrected chi connectivity index (χ1v) is 5.68. The lowest BCUT2D eigenvalue weighted by Gasteiger charge is -2.08. The third-order valence-corrected chi connectivity index (χ3v) is 2.99. The van der Waals surface area contributed by atoms with Crippen molar-refractivity contribution in [1.82, 2.24) is 0 Å². The van der Waals surface area contributed by atoms with Gasteiger partial charge in [-0.25, -0.2) is 8.78 Å². The minimum absolute atomic E-state index is 0.0132. The van der Waals surface area contributed by atoms with Gasteiger partial charge in [0.05, 0.1) is 5.02 Å². The average molecular weight is 287 g/mol. The molecule has 0 radical (unpaired) electrons. The third kappa shape index (κ3) is 2.37. The van der Waals surface area contributed by atoms with Crippen LogP contribution in [0.2, 0.25) is 10.0 Å². The summed E-state index contributed by atoms with van der Waals surface area (Å²) in [5.74, 6) is -2.08. The fraction of sp³-hybridized carbons (Fsp3) is 0. The van der Waals surface area contributed by atoms with Gasteiger partial charge in [-0.2, -0.15) is 0 Å². The predicted octanol–water partition coefficient (Wildman–Crippen LogP) is 4.75. The van der Waals surface area contributed by atoms with Crippen LogP contribution < -0.4 is 0 Å². The molecule has 0 aliphatic rings. The Kier molecular flexibility index (Phi) is 3.64. The molecule has 2 aromatic rings. The minimum Gasteiger partial charge on any atom is -0.298 e. The van der Waals surface area contributed by atoms with Crippen LogP contribution in [0.25, 0.3) is 11.1 Å². The lowest BCUT2D eigenvalue weighted by atomic mass is 10.00. The molecule has 0 saturated heterocycles. The highest BCUT2D eigenvalue weighted by Gasteiger charge is 2.13. The predicted molar refractivity (Wildman–Crippen MR) is 67.2 cm³/mol. The van der Waals surface area contributed by atoms with Crippen molar-refractivity contribution in [2.45, 2.75) is 0 Å². The van der Waals surface area contributed by atoms with Crippen LogP contribution in [-0.2, 0) is 0 Å². The van der Waals surface area contributed by atoms with Crippen LogP contribution in [0.5, 0.6) is 0 Å². The first kappa shape index (κ1) is 13.0. The lowest BCUT2D eigenvalue weighted by molar-refractivity contribution is 0.112. The number of rotatable bonds is 2. The monoisotopic (exact) mass is 286 g/mol. The summed E-state index contributed by atoms with van der Waals surface area (Å²) >= 11 is 11.7. The number of hydrogen-bond donors (Lipinski definition) is 0. The molecule has 0 amide bonds. The van der Waals surface area contributed by atoms with Crippen molar-refractivity contribution in [3.05, 3.63) is 57.6 Å². The SMILES string of the molecule is O=Cc1ccc(Cl)cc1-c1cc(F)c(F)cc1Cl. The van der Waals surface area contributed by atoms with Crippen molar-refractivity contribution in [2.24, 2.45) is 0 Å². The summed E-state index contributed by atoms with van der Waals surface area (Å²) in [6.45, 7) is 0. The van der Waals surface area contributed by atoms with Crippen molar-refractivity contribution >= 4 is 29.5 Å². The van der Waals surface area contributed by atoms with Crippen LogP contribution in [-0.4, -0.2) is 6.29 Å². The lowest BCUT2D eigenvalue weighted by Crippen LogP contribution is -1.92. The molecule has 5 heteroatoms. The normalized spacial score (nSPS) is 10.4. The Hall–Kier alpha value is -1.45. The van der Waals surface area contributed by atoms with Crippen molar-refractivity contribution in [2.75, 3.05) is 0 Å². The molecule has 0 aromatic heterocycles. The van der Waals surface area contributed by atoms with Crippen molar-refractivity contribution in [3.8, 4) is 11.1 Å². The summed E-state index contributed by atoms with van der Waals surface area (Å²) in [7, 11) is 0. The molecule has 2 rings (SSSR count). The van der Waals surface area contributed by atoms with Crippen molar-refractivity contribution in [3.63, 3.8) is 0 Å². The molecule has 0 bridgehead atoms. The maximum absolute atomic E-state index is 13.2. The van der Waals surface area contributed by atoms with Gasteiger partial charge in [-0.1, -0.05) is 23.2 Å². The zero-order valence-corrected chi connectivity index (χ0v) is 10.4. The molecule has 2 aromatic carbocycles. The molecular formula is C13H6Cl2F2O. The zero-order valence-electron chi connectivity index (χ0n) is 8.88. The van der Waals surface area contributed by atoms with Crippen molar-refractivity contribution < 1.29 is 13.6 Å². The van der Waals surface area contributed by atoms with Gasteiger partial charge >= 0.3 is 0 Å². The molecule has 1 nitrogen and oxygen atoms in total. The summed E-state index contributed by atoms with van der Waals surface area (Å²) in [6.07, 6.45) is 0.600. The molecule has 0 N–H and O–H groups in total. The van der Waals surface area contributed by atoms with E-state index >= 15 is 0 Å². The maximum Gasteiger partial charge on any atom is 0.160 e. The fourth-order valence-corrected chi connectivity index (χ4v) is 2.02. The molecule has 0 aliphatic carbocycles. The van der Waals surface area contributed by atoms with E-state index in [9.17, 15) is 13.6 Å². The molecule has 0 heterocycles. The smallest absolute Gasteiger partial charge is 0.160 e. The Balaban J connectivity index is 2.72.